The molecule has 0 unspecified atom stereocenters. The first-order valence-corrected chi connectivity index (χ1v) is 10.8. The van der Waals surface area contributed by atoms with Gasteiger partial charge in [-0.2, -0.15) is 11.8 Å². The number of thioether (sulfide) groups is 1. The van der Waals surface area contributed by atoms with Crippen LogP contribution in [0.1, 0.15) is 31.2 Å². The van der Waals surface area contributed by atoms with Gasteiger partial charge in [0.15, 0.2) is 5.78 Å². The number of thiophene rings is 1. The van der Waals surface area contributed by atoms with Crippen molar-refractivity contribution in [1.29, 1.82) is 0 Å². The minimum Gasteiger partial charge on any atom is -0.496 e. The quantitative estimate of drug-likeness (QED) is 0.525. The molecule has 3 nitrogen and oxygen atoms in total. The van der Waals surface area contributed by atoms with Crippen molar-refractivity contribution in [2.75, 3.05) is 31.7 Å². The minimum atomic E-state index is 0.0669. The van der Waals surface area contributed by atoms with E-state index < -0.39 is 0 Å². The van der Waals surface area contributed by atoms with E-state index in [4.69, 9.17) is 4.74 Å². The molecule has 26 heavy (non-hydrogen) atoms. The molecule has 0 bridgehead atoms. The summed E-state index contributed by atoms with van der Waals surface area (Å²) in [5.74, 6) is 3.36. The Bertz CT molecular complexity index is 804. The smallest absolute Gasteiger partial charge is 0.186 e. The van der Waals surface area contributed by atoms with Crippen molar-refractivity contribution in [3.05, 3.63) is 56.8 Å². The Morgan fingerprint density at radius 3 is 2.65 bits per heavy atom. The van der Waals surface area contributed by atoms with Gasteiger partial charge in [-0.05, 0) is 43.7 Å². The molecule has 2 heterocycles. The van der Waals surface area contributed by atoms with Gasteiger partial charge in [-0.25, -0.2) is 0 Å². The fourth-order valence-electron chi connectivity index (χ4n) is 3.16. The number of rotatable bonds is 6. The molecule has 1 aromatic carbocycles. The lowest BCUT2D eigenvalue weighted by molar-refractivity contribution is 0.104. The van der Waals surface area contributed by atoms with Crippen LogP contribution in [0.5, 0.6) is 5.75 Å². The molecule has 1 aromatic heterocycles. The molecule has 0 amide bonds. The fraction of sp³-hybridized carbons (Fsp3) is 0.381. The van der Waals surface area contributed by atoms with Crippen LogP contribution in [-0.4, -0.2) is 42.4 Å². The van der Waals surface area contributed by atoms with Gasteiger partial charge in [0, 0.05) is 52.0 Å². The highest BCUT2D eigenvalue weighted by Crippen LogP contribution is 2.25. The third-order valence-corrected chi connectivity index (χ3v) is 6.44. The number of nitrogens with zero attached hydrogens (tertiary/aromatic N) is 1. The molecule has 1 saturated heterocycles. The lowest BCUT2D eigenvalue weighted by atomic mass is 10.1. The largest absolute Gasteiger partial charge is 0.496 e. The van der Waals surface area contributed by atoms with Crippen LogP contribution in [0.4, 0.5) is 0 Å². The number of ketones is 1. The Balaban J connectivity index is 1.76. The van der Waals surface area contributed by atoms with Gasteiger partial charge in [0.1, 0.15) is 5.75 Å². The summed E-state index contributed by atoms with van der Waals surface area (Å²) in [5.41, 5.74) is 3.02. The Morgan fingerprint density at radius 2 is 2.00 bits per heavy atom. The first kappa shape index (κ1) is 19.2. The van der Waals surface area contributed by atoms with E-state index in [1.807, 2.05) is 49.9 Å². The SMILES string of the molecule is COc1ccc(/C=C/C(=O)c2cc(C)sc2C)cc1CN1CCSCC1. The highest BCUT2D eigenvalue weighted by atomic mass is 32.2. The third kappa shape index (κ3) is 4.78. The maximum absolute atomic E-state index is 12.5. The number of ether oxygens (including phenoxy) is 1. The second-order valence-corrected chi connectivity index (χ2v) is 9.17. The van der Waals surface area contributed by atoms with Crippen LogP contribution >= 0.6 is 23.1 Å². The average molecular weight is 388 g/mol. The Labute approximate surface area is 164 Å². The summed E-state index contributed by atoms with van der Waals surface area (Å²) in [6.07, 6.45) is 3.58. The zero-order valence-electron chi connectivity index (χ0n) is 15.6. The van der Waals surface area contributed by atoms with Crippen LogP contribution in [0, 0.1) is 13.8 Å². The summed E-state index contributed by atoms with van der Waals surface area (Å²) in [6.45, 7) is 7.16. The number of carbonyl (C=O) groups is 1. The van der Waals surface area contributed by atoms with Crippen LogP contribution in [-0.2, 0) is 6.54 Å². The van der Waals surface area contributed by atoms with E-state index in [1.54, 1.807) is 24.5 Å². The van der Waals surface area contributed by atoms with Gasteiger partial charge in [0.25, 0.3) is 0 Å². The first-order chi connectivity index (χ1) is 12.6. The van der Waals surface area contributed by atoms with E-state index in [0.717, 1.165) is 41.4 Å². The molecule has 3 rings (SSSR count). The van der Waals surface area contributed by atoms with Gasteiger partial charge in [-0.15, -0.1) is 11.3 Å². The normalized spacial score (nSPS) is 15.5. The van der Waals surface area contributed by atoms with Crippen molar-refractivity contribution in [1.82, 2.24) is 4.90 Å². The molecule has 5 heteroatoms. The zero-order chi connectivity index (χ0) is 18.5. The van der Waals surface area contributed by atoms with E-state index in [2.05, 4.69) is 11.0 Å². The van der Waals surface area contributed by atoms with Crippen molar-refractivity contribution in [3.63, 3.8) is 0 Å². The number of benzene rings is 1. The van der Waals surface area contributed by atoms with Crippen LogP contribution < -0.4 is 4.74 Å². The summed E-state index contributed by atoms with van der Waals surface area (Å²) >= 11 is 3.68. The Morgan fingerprint density at radius 1 is 1.23 bits per heavy atom. The molecule has 1 aliphatic rings. The highest BCUT2D eigenvalue weighted by molar-refractivity contribution is 7.99. The van der Waals surface area contributed by atoms with Gasteiger partial charge >= 0.3 is 0 Å². The van der Waals surface area contributed by atoms with Crippen molar-refractivity contribution in [2.45, 2.75) is 20.4 Å². The van der Waals surface area contributed by atoms with E-state index in [0.29, 0.717) is 0 Å². The second-order valence-electron chi connectivity index (χ2n) is 6.48. The summed E-state index contributed by atoms with van der Waals surface area (Å²) < 4.78 is 5.53. The lowest BCUT2D eigenvalue weighted by Crippen LogP contribution is -2.32. The average Bonchev–Trinajstić information content (AvgIpc) is 2.99. The number of carbonyl (C=O) groups excluding carboxylic acids is 1. The molecule has 0 N–H and O–H groups in total. The maximum Gasteiger partial charge on any atom is 0.186 e. The number of aryl methyl sites for hydroxylation is 2. The highest BCUT2D eigenvalue weighted by Gasteiger charge is 2.14. The third-order valence-electron chi connectivity index (χ3n) is 4.54. The van der Waals surface area contributed by atoms with Crippen molar-refractivity contribution in [3.8, 4) is 5.75 Å². The number of allylic oxidation sites excluding steroid dienone is 1. The molecule has 0 atom stereocenters. The van der Waals surface area contributed by atoms with Crippen molar-refractivity contribution < 1.29 is 9.53 Å². The van der Waals surface area contributed by atoms with Gasteiger partial charge in [0.2, 0.25) is 0 Å². The standard InChI is InChI=1S/C21H25NO2S2/c1-15-12-19(16(2)26-15)20(23)6-4-17-5-7-21(24-3)18(13-17)14-22-8-10-25-11-9-22/h4-7,12-13H,8-11,14H2,1-3H3/b6-4+. The molecule has 1 aliphatic heterocycles. The zero-order valence-corrected chi connectivity index (χ0v) is 17.2. The summed E-state index contributed by atoms with van der Waals surface area (Å²) in [4.78, 5) is 17.2. The molecule has 138 valence electrons. The number of hydrogen-bond donors (Lipinski definition) is 0. The second kappa shape index (κ2) is 8.89. The van der Waals surface area contributed by atoms with E-state index in [9.17, 15) is 4.79 Å². The predicted octanol–water partition coefficient (Wildman–Crippen LogP) is 4.82. The lowest BCUT2D eigenvalue weighted by Gasteiger charge is -2.26. The monoisotopic (exact) mass is 387 g/mol. The van der Waals surface area contributed by atoms with Gasteiger partial charge < -0.3 is 4.74 Å². The topological polar surface area (TPSA) is 29.5 Å². The van der Waals surface area contributed by atoms with Gasteiger partial charge in [0.05, 0.1) is 7.11 Å². The molecule has 0 aliphatic carbocycles. The Hall–Kier alpha value is -1.56. The fourth-order valence-corrected chi connectivity index (χ4v) is 5.07. The van der Waals surface area contributed by atoms with E-state index >= 15 is 0 Å². The minimum absolute atomic E-state index is 0.0669. The number of methoxy groups -OCH3 is 1. The van der Waals surface area contributed by atoms with Crippen molar-refractivity contribution >= 4 is 35.0 Å². The van der Waals surface area contributed by atoms with E-state index in [-0.39, 0.29) is 5.78 Å². The first-order valence-electron chi connectivity index (χ1n) is 8.83. The van der Waals surface area contributed by atoms with Crippen LogP contribution in [0.2, 0.25) is 0 Å². The van der Waals surface area contributed by atoms with Crippen LogP contribution in [0.25, 0.3) is 6.08 Å². The molecule has 0 radical (unpaired) electrons. The van der Waals surface area contributed by atoms with Crippen molar-refractivity contribution in [2.24, 2.45) is 0 Å². The van der Waals surface area contributed by atoms with Gasteiger partial charge in [-0.3, -0.25) is 9.69 Å². The Kier molecular flexibility index (Phi) is 6.57. The van der Waals surface area contributed by atoms with Crippen LogP contribution in [0.3, 0.4) is 0 Å². The molecule has 0 saturated carbocycles. The molecule has 0 spiro atoms. The summed E-state index contributed by atoms with van der Waals surface area (Å²) in [6, 6.07) is 8.11. The van der Waals surface area contributed by atoms with Gasteiger partial charge in [-0.1, -0.05) is 12.1 Å². The molecule has 2 aromatic rings. The van der Waals surface area contributed by atoms with Crippen LogP contribution in [0.15, 0.2) is 30.3 Å². The molecule has 1 fully saturated rings. The predicted molar refractivity (Wildman–Crippen MR) is 113 cm³/mol. The maximum atomic E-state index is 12.5. The summed E-state index contributed by atoms with van der Waals surface area (Å²) in [7, 11) is 1.71. The summed E-state index contributed by atoms with van der Waals surface area (Å²) in [5, 5.41) is 0. The molecular formula is C21H25NO2S2. The number of hydrogen-bond acceptors (Lipinski definition) is 5. The van der Waals surface area contributed by atoms with E-state index in [1.165, 1.54) is 21.9 Å². The molecular weight excluding hydrogens is 362 g/mol.